The number of nitrogens with one attached hydrogen (secondary N) is 2. The fourth-order valence-corrected chi connectivity index (χ4v) is 3.32. The number of phosphoric acid groups is 1. The third-order valence-electron chi connectivity index (χ3n) is 4.53. The third kappa shape index (κ3) is 8.72. The zero-order chi connectivity index (χ0) is 27.0. The van der Waals surface area contributed by atoms with Gasteiger partial charge < -0.3 is 24.6 Å². The number of nitrogens with zero attached hydrogens (tertiary/aromatic N) is 2. The van der Waals surface area contributed by atoms with E-state index in [-0.39, 0.29) is 42.9 Å². The van der Waals surface area contributed by atoms with Crippen LogP contribution in [-0.4, -0.2) is 56.1 Å². The predicted octanol–water partition coefficient (Wildman–Crippen LogP) is 1.98. The molecular formula is C22H23N4O9PS. The molecule has 2 aromatic carbocycles. The second-order valence-corrected chi connectivity index (χ2v) is 9.39. The number of hydrogen-bond acceptors (Lipinski definition) is 10. The van der Waals surface area contributed by atoms with Gasteiger partial charge in [-0.05, 0) is 36.8 Å². The quantitative estimate of drug-likeness (QED) is 0.108. The van der Waals surface area contributed by atoms with Gasteiger partial charge in [-0.25, -0.2) is 19.3 Å². The second-order valence-electron chi connectivity index (χ2n) is 7.46. The average molecular weight is 550 g/mol. The van der Waals surface area contributed by atoms with Gasteiger partial charge in [-0.1, -0.05) is 24.3 Å². The molecule has 0 radical (unpaired) electrons. The molecule has 15 heteroatoms. The lowest BCUT2D eigenvalue weighted by molar-refractivity contribution is -0.120. The van der Waals surface area contributed by atoms with Crippen LogP contribution in [0.3, 0.4) is 0 Å². The van der Waals surface area contributed by atoms with Crippen LogP contribution in [-0.2, 0) is 20.7 Å². The lowest BCUT2D eigenvalue weighted by Gasteiger charge is -2.11. The molecular weight excluding hydrogens is 527 g/mol. The van der Waals surface area contributed by atoms with Crippen molar-refractivity contribution in [3.63, 3.8) is 0 Å². The molecule has 1 unspecified atom stereocenters. The van der Waals surface area contributed by atoms with Crippen molar-refractivity contribution < 1.29 is 42.7 Å². The van der Waals surface area contributed by atoms with Crippen LogP contribution in [0.25, 0.3) is 11.0 Å². The molecule has 0 spiro atoms. The number of carbonyl (C=O) groups is 3. The number of thiol groups is 1. The van der Waals surface area contributed by atoms with E-state index in [0.29, 0.717) is 16.6 Å². The number of phosphoric ester groups is 1. The Bertz CT molecular complexity index is 1330. The second kappa shape index (κ2) is 12.5. The summed E-state index contributed by atoms with van der Waals surface area (Å²) in [6.07, 6.45) is -1.16. The fraction of sp³-hybridized carbons (Fsp3) is 0.227. The first kappa shape index (κ1) is 27.9. The van der Waals surface area contributed by atoms with E-state index in [1.54, 1.807) is 31.2 Å². The van der Waals surface area contributed by atoms with Gasteiger partial charge >= 0.3 is 14.0 Å². The number of amides is 2. The molecule has 0 saturated heterocycles. The Balaban J connectivity index is 1.65. The molecule has 0 aliphatic rings. The number of benzene rings is 2. The molecule has 0 bridgehead atoms. The largest absolute Gasteiger partial charge is 0.524 e. The van der Waals surface area contributed by atoms with Crippen molar-refractivity contribution in [3.8, 4) is 11.6 Å². The number of fused-ring (bicyclic) bond motifs is 1. The smallest absolute Gasteiger partial charge is 0.429 e. The van der Waals surface area contributed by atoms with Gasteiger partial charge in [0.2, 0.25) is 5.91 Å². The lowest BCUT2D eigenvalue weighted by atomic mass is 10.2. The van der Waals surface area contributed by atoms with Crippen LogP contribution in [0.5, 0.6) is 11.6 Å². The van der Waals surface area contributed by atoms with E-state index in [1.165, 1.54) is 24.3 Å². The summed E-state index contributed by atoms with van der Waals surface area (Å²) in [5.74, 6) is -1.42. The van der Waals surface area contributed by atoms with Gasteiger partial charge in [0.15, 0.2) is 5.69 Å². The van der Waals surface area contributed by atoms with Gasteiger partial charge in [-0.2, -0.15) is 12.6 Å². The standard InChI is InChI=1S/C22H23N4O9PS/c1-13(37)19(27)23-10-11-24-20(28)18-21(26-17-5-3-2-4-16(17)25-18)34-22(29)33-12-14-6-8-15(9-7-14)35-36(30,31)32/h2-9,13,37H,10-12H2,1H3,(H,23,27)(H,24,28)(H2,30,31,32). The van der Waals surface area contributed by atoms with Crippen LogP contribution in [0.4, 0.5) is 4.79 Å². The Morgan fingerprint density at radius 3 is 2.24 bits per heavy atom. The molecule has 1 heterocycles. The van der Waals surface area contributed by atoms with E-state index in [4.69, 9.17) is 19.3 Å². The van der Waals surface area contributed by atoms with E-state index in [1.807, 2.05) is 0 Å². The van der Waals surface area contributed by atoms with Crippen molar-refractivity contribution in [3.05, 3.63) is 59.8 Å². The van der Waals surface area contributed by atoms with Crippen molar-refractivity contribution in [2.24, 2.45) is 0 Å². The Morgan fingerprint density at radius 2 is 1.62 bits per heavy atom. The molecule has 196 valence electrons. The Morgan fingerprint density at radius 1 is 1.00 bits per heavy atom. The van der Waals surface area contributed by atoms with E-state index >= 15 is 0 Å². The normalized spacial score (nSPS) is 11.9. The zero-order valence-corrected chi connectivity index (χ0v) is 21.1. The summed E-state index contributed by atoms with van der Waals surface area (Å²) in [6.45, 7) is 1.58. The minimum absolute atomic E-state index is 0.0681. The molecule has 13 nitrogen and oxygen atoms in total. The van der Waals surface area contributed by atoms with Crippen LogP contribution in [0.15, 0.2) is 48.5 Å². The van der Waals surface area contributed by atoms with E-state index in [2.05, 4.69) is 37.8 Å². The Hall–Kier alpha value is -3.71. The SMILES string of the molecule is CC(S)C(=O)NCCNC(=O)c1nc2ccccc2nc1OC(=O)OCc1ccc(OP(=O)(O)O)cc1. The van der Waals surface area contributed by atoms with E-state index < -0.39 is 25.1 Å². The first-order valence-corrected chi connectivity index (χ1v) is 12.8. The first-order valence-electron chi connectivity index (χ1n) is 10.7. The Labute approximate surface area is 216 Å². The van der Waals surface area contributed by atoms with Crippen molar-refractivity contribution in [1.82, 2.24) is 20.6 Å². The summed E-state index contributed by atoms with van der Waals surface area (Å²) in [6, 6.07) is 12.1. The molecule has 4 N–H and O–H groups in total. The van der Waals surface area contributed by atoms with E-state index in [9.17, 15) is 18.9 Å². The molecule has 1 aromatic heterocycles. The molecule has 1 atom stereocenters. The number of hydrogen-bond donors (Lipinski definition) is 5. The van der Waals surface area contributed by atoms with Gasteiger partial charge in [0.05, 0.1) is 16.3 Å². The van der Waals surface area contributed by atoms with E-state index in [0.717, 1.165) is 0 Å². The summed E-state index contributed by atoms with van der Waals surface area (Å²) < 4.78 is 25.5. The van der Waals surface area contributed by atoms with Gasteiger partial charge in [-0.3, -0.25) is 19.4 Å². The fourth-order valence-electron chi connectivity index (χ4n) is 2.83. The van der Waals surface area contributed by atoms with Gasteiger partial charge in [-0.15, -0.1) is 0 Å². The van der Waals surface area contributed by atoms with Gasteiger partial charge in [0.25, 0.3) is 11.8 Å². The molecule has 0 fully saturated rings. The minimum atomic E-state index is -4.69. The first-order chi connectivity index (χ1) is 17.5. The average Bonchev–Trinajstić information content (AvgIpc) is 2.84. The number of para-hydroxylation sites is 2. The van der Waals surface area contributed by atoms with Crippen molar-refractivity contribution >= 4 is 49.5 Å². The molecule has 3 aromatic rings. The van der Waals surface area contributed by atoms with Crippen LogP contribution in [0.1, 0.15) is 23.0 Å². The lowest BCUT2D eigenvalue weighted by Crippen LogP contribution is -2.37. The van der Waals surface area contributed by atoms with Crippen LogP contribution in [0, 0.1) is 0 Å². The van der Waals surface area contributed by atoms with Crippen LogP contribution in [0.2, 0.25) is 0 Å². The number of aromatic nitrogens is 2. The number of ether oxygens (including phenoxy) is 2. The van der Waals surface area contributed by atoms with Crippen molar-refractivity contribution in [1.29, 1.82) is 0 Å². The van der Waals surface area contributed by atoms with Gasteiger partial charge in [0, 0.05) is 13.1 Å². The highest BCUT2D eigenvalue weighted by Gasteiger charge is 2.21. The van der Waals surface area contributed by atoms with Gasteiger partial charge in [0.1, 0.15) is 12.4 Å². The third-order valence-corrected chi connectivity index (χ3v) is 5.21. The minimum Gasteiger partial charge on any atom is -0.429 e. The predicted molar refractivity (Wildman–Crippen MR) is 133 cm³/mol. The number of carbonyl (C=O) groups excluding carboxylic acids is 3. The van der Waals surface area contributed by atoms with Crippen molar-refractivity contribution in [2.75, 3.05) is 13.1 Å². The molecule has 0 aliphatic carbocycles. The summed E-state index contributed by atoms with van der Waals surface area (Å²) in [4.78, 5) is 62.7. The van der Waals surface area contributed by atoms with Crippen LogP contribution >= 0.6 is 20.5 Å². The zero-order valence-electron chi connectivity index (χ0n) is 19.4. The Kier molecular flexibility index (Phi) is 9.42. The molecule has 37 heavy (non-hydrogen) atoms. The highest BCUT2D eigenvalue weighted by Crippen LogP contribution is 2.37. The topological polar surface area (TPSA) is 186 Å². The highest BCUT2D eigenvalue weighted by atomic mass is 32.1. The molecule has 0 aliphatic heterocycles. The monoisotopic (exact) mass is 550 g/mol. The highest BCUT2D eigenvalue weighted by molar-refractivity contribution is 7.81. The summed E-state index contributed by atoms with van der Waals surface area (Å²) in [5.41, 5.74) is 0.972. The maximum absolute atomic E-state index is 12.7. The summed E-state index contributed by atoms with van der Waals surface area (Å²) in [5, 5.41) is 4.66. The van der Waals surface area contributed by atoms with Crippen LogP contribution < -0.4 is 19.9 Å². The summed E-state index contributed by atoms with van der Waals surface area (Å²) >= 11 is 4.02. The summed E-state index contributed by atoms with van der Waals surface area (Å²) in [7, 11) is -4.69. The van der Waals surface area contributed by atoms with Crippen molar-refractivity contribution in [2.45, 2.75) is 18.8 Å². The molecule has 0 saturated carbocycles. The maximum atomic E-state index is 12.7. The number of rotatable bonds is 10. The molecule has 3 rings (SSSR count). The maximum Gasteiger partial charge on any atom is 0.524 e. The molecule has 2 amide bonds.